The normalized spacial score (nSPS) is 24.1. The first-order valence-corrected chi connectivity index (χ1v) is 8.39. The van der Waals surface area contributed by atoms with Crippen LogP contribution in [0.4, 0.5) is 0 Å². The fourth-order valence-corrected chi connectivity index (χ4v) is 4.31. The van der Waals surface area contributed by atoms with Gasteiger partial charge in [-0.25, -0.2) is 0 Å². The van der Waals surface area contributed by atoms with Crippen LogP contribution in [0.25, 0.3) is 0 Å². The molecule has 3 nitrogen and oxygen atoms in total. The quantitative estimate of drug-likeness (QED) is 0.924. The second kappa shape index (κ2) is 6.66. The molecule has 3 rings (SSSR count). The molecule has 1 atom stereocenters. The van der Waals surface area contributed by atoms with E-state index in [4.69, 9.17) is 16.3 Å². The molecule has 1 aliphatic heterocycles. The molecule has 21 heavy (non-hydrogen) atoms. The van der Waals surface area contributed by atoms with Gasteiger partial charge in [0.2, 0.25) is 0 Å². The molecule has 1 saturated carbocycles. The van der Waals surface area contributed by atoms with Gasteiger partial charge < -0.3 is 10.1 Å². The minimum atomic E-state index is 0.229. The van der Waals surface area contributed by atoms with E-state index >= 15 is 0 Å². The van der Waals surface area contributed by atoms with Crippen molar-refractivity contribution in [1.82, 2.24) is 10.2 Å². The zero-order chi connectivity index (χ0) is 14.7. The number of ether oxygens (including phenoxy) is 1. The molecule has 0 radical (unpaired) electrons. The fourth-order valence-electron chi connectivity index (χ4n) is 4.18. The Morgan fingerprint density at radius 1 is 1.14 bits per heavy atom. The number of benzene rings is 1. The Morgan fingerprint density at radius 3 is 2.33 bits per heavy atom. The van der Waals surface area contributed by atoms with E-state index in [1.807, 2.05) is 12.1 Å². The molecule has 1 aliphatic carbocycles. The van der Waals surface area contributed by atoms with Crippen molar-refractivity contribution in [2.75, 3.05) is 33.4 Å². The number of likely N-dealkylation sites (N-methyl/N-ethyl adjacent to an activating group) is 1. The van der Waals surface area contributed by atoms with E-state index < -0.39 is 0 Å². The molecule has 4 heteroatoms. The SMILES string of the molecule is CNC(c1ccc(Cl)cc1)C1(N2CCOCC2)CCCC1. The summed E-state index contributed by atoms with van der Waals surface area (Å²) in [6, 6.07) is 8.70. The molecule has 2 fully saturated rings. The van der Waals surface area contributed by atoms with Crippen LogP contribution in [0.15, 0.2) is 24.3 Å². The number of hydrogen-bond donors (Lipinski definition) is 1. The van der Waals surface area contributed by atoms with Crippen molar-refractivity contribution < 1.29 is 4.74 Å². The molecule has 0 aromatic heterocycles. The molecule has 1 aromatic carbocycles. The van der Waals surface area contributed by atoms with Crippen LogP contribution in [0, 0.1) is 0 Å². The van der Waals surface area contributed by atoms with Gasteiger partial charge >= 0.3 is 0 Å². The van der Waals surface area contributed by atoms with Crippen LogP contribution in [-0.4, -0.2) is 43.8 Å². The summed E-state index contributed by atoms with van der Waals surface area (Å²) in [5.74, 6) is 0. The lowest BCUT2D eigenvalue weighted by atomic mass is 9.81. The van der Waals surface area contributed by atoms with Gasteiger partial charge in [0.15, 0.2) is 0 Å². The van der Waals surface area contributed by atoms with Gasteiger partial charge in [0.1, 0.15) is 0 Å². The second-order valence-corrected chi connectivity index (χ2v) is 6.62. The third-order valence-electron chi connectivity index (χ3n) is 5.14. The number of nitrogens with zero attached hydrogens (tertiary/aromatic N) is 1. The number of nitrogens with one attached hydrogen (secondary N) is 1. The van der Waals surface area contributed by atoms with E-state index in [1.165, 1.54) is 31.2 Å². The molecule has 2 aliphatic rings. The zero-order valence-corrected chi connectivity index (χ0v) is 13.5. The van der Waals surface area contributed by atoms with Crippen LogP contribution in [-0.2, 0) is 4.74 Å². The number of hydrogen-bond acceptors (Lipinski definition) is 3. The Bertz CT molecular complexity index is 450. The monoisotopic (exact) mass is 308 g/mol. The molecule has 0 spiro atoms. The molecule has 1 heterocycles. The topological polar surface area (TPSA) is 24.5 Å². The molecule has 1 N–H and O–H groups in total. The van der Waals surface area contributed by atoms with Gasteiger partial charge in [0.05, 0.1) is 19.3 Å². The van der Waals surface area contributed by atoms with Crippen molar-refractivity contribution in [1.29, 1.82) is 0 Å². The Hall–Kier alpha value is -0.610. The van der Waals surface area contributed by atoms with Crippen LogP contribution in [0.2, 0.25) is 5.02 Å². The summed E-state index contributed by atoms with van der Waals surface area (Å²) in [6.07, 6.45) is 5.18. The van der Waals surface area contributed by atoms with Crippen LogP contribution >= 0.6 is 11.6 Å². The van der Waals surface area contributed by atoms with Crippen molar-refractivity contribution in [3.8, 4) is 0 Å². The standard InChI is InChI=1S/C17H25ClN2O/c1-19-16(14-4-6-15(18)7-5-14)17(8-2-3-9-17)20-10-12-21-13-11-20/h4-7,16,19H,2-3,8-13H2,1H3. The first kappa shape index (κ1) is 15.3. The zero-order valence-electron chi connectivity index (χ0n) is 12.8. The van der Waals surface area contributed by atoms with Gasteiger partial charge in [-0.15, -0.1) is 0 Å². The lowest BCUT2D eigenvalue weighted by Crippen LogP contribution is -2.57. The molecule has 1 saturated heterocycles. The van der Waals surface area contributed by atoms with Crippen molar-refractivity contribution in [2.45, 2.75) is 37.3 Å². The lowest BCUT2D eigenvalue weighted by Gasteiger charge is -2.48. The number of morpholine rings is 1. The third kappa shape index (κ3) is 2.98. The third-order valence-corrected chi connectivity index (χ3v) is 5.39. The second-order valence-electron chi connectivity index (χ2n) is 6.18. The van der Waals surface area contributed by atoms with Crippen LogP contribution < -0.4 is 5.32 Å². The smallest absolute Gasteiger partial charge is 0.0594 e. The highest BCUT2D eigenvalue weighted by molar-refractivity contribution is 6.30. The minimum absolute atomic E-state index is 0.229. The largest absolute Gasteiger partial charge is 0.379 e. The summed E-state index contributed by atoms with van der Waals surface area (Å²) in [7, 11) is 2.08. The first-order valence-electron chi connectivity index (χ1n) is 8.02. The van der Waals surface area contributed by atoms with E-state index in [0.717, 1.165) is 31.3 Å². The summed E-state index contributed by atoms with van der Waals surface area (Å²) >= 11 is 6.06. The van der Waals surface area contributed by atoms with E-state index in [0.29, 0.717) is 6.04 Å². The Kier molecular flexibility index (Phi) is 4.85. The van der Waals surface area contributed by atoms with Gasteiger partial charge in [-0.3, -0.25) is 4.90 Å². The minimum Gasteiger partial charge on any atom is -0.379 e. The predicted octanol–water partition coefficient (Wildman–Crippen LogP) is 3.25. The van der Waals surface area contributed by atoms with E-state index in [2.05, 4.69) is 29.4 Å². The summed E-state index contributed by atoms with van der Waals surface area (Å²) in [6.45, 7) is 3.81. The van der Waals surface area contributed by atoms with Crippen molar-refractivity contribution >= 4 is 11.6 Å². The Labute approximate surface area is 132 Å². The molecule has 116 valence electrons. The maximum absolute atomic E-state index is 6.06. The summed E-state index contributed by atoms with van der Waals surface area (Å²) < 4.78 is 5.56. The summed E-state index contributed by atoms with van der Waals surface area (Å²) in [4.78, 5) is 2.67. The van der Waals surface area contributed by atoms with Crippen LogP contribution in [0.5, 0.6) is 0 Å². The highest BCUT2D eigenvalue weighted by atomic mass is 35.5. The number of halogens is 1. The molecular weight excluding hydrogens is 284 g/mol. The molecular formula is C17H25ClN2O. The van der Waals surface area contributed by atoms with E-state index in [-0.39, 0.29) is 5.54 Å². The Morgan fingerprint density at radius 2 is 1.76 bits per heavy atom. The number of rotatable bonds is 4. The maximum atomic E-state index is 6.06. The van der Waals surface area contributed by atoms with Crippen molar-refractivity contribution in [3.05, 3.63) is 34.9 Å². The molecule has 0 bridgehead atoms. The van der Waals surface area contributed by atoms with Gasteiger partial charge in [0, 0.05) is 23.7 Å². The average molecular weight is 309 g/mol. The lowest BCUT2D eigenvalue weighted by molar-refractivity contribution is -0.0354. The van der Waals surface area contributed by atoms with Gasteiger partial charge in [-0.05, 0) is 37.6 Å². The first-order chi connectivity index (χ1) is 10.3. The van der Waals surface area contributed by atoms with Crippen LogP contribution in [0.3, 0.4) is 0 Å². The molecule has 1 unspecified atom stereocenters. The fraction of sp³-hybridized carbons (Fsp3) is 0.647. The summed E-state index contributed by atoms with van der Waals surface area (Å²) in [5.41, 5.74) is 1.57. The average Bonchev–Trinajstić information content (AvgIpc) is 3.01. The van der Waals surface area contributed by atoms with Gasteiger partial charge in [0.25, 0.3) is 0 Å². The maximum Gasteiger partial charge on any atom is 0.0594 e. The van der Waals surface area contributed by atoms with Crippen molar-refractivity contribution in [3.63, 3.8) is 0 Å². The van der Waals surface area contributed by atoms with Crippen molar-refractivity contribution in [2.24, 2.45) is 0 Å². The van der Waals surface area contributed by atoms with Gasteiger partial charge in [-0.2, -0.15) is 0 Å². The Balaban J connectivity index is 1.91. The van der Waals surface area contributed by atoms with E-state index in [1.54, 1.807) is 0 Å². The molecule has 0 amide bonds. The summed E-state index contributed by atoms with van der Waals surface area (Å²) in [5, 5.41) is 4.40. The molecule has 1 aromatic rings. The highest BCUT2D eigenvalue weighted by Gasteiger charge is 2.46. The van der Waals surface area contributed by atoms with E-state index in [9.17, 15) is 0 Å². The predicted molar refractivity (Wildman–Crippen MR) is 86.8 cm³/mol. The van der Waals surface area contributed by atoms with Crippen LogP contribution in [0.1, 0.15) is 37.3 Å². The van der Waals surface area contributed by atoms with Gasteiger partial charge in [-0.1, -0.05) is 36.6 Å². The highest BCUT2D eigenvalue weighted by Crippen LogP contribution is 2.44.